The first-order valence-corrected chi connectivity index (χ1v) is 18.1. The number of rotatable bonds is 9. The average molecular weight is 685 g/mol. The van der Waals surface area contributed by atoms with Crippen molar-refractivity contribution in [3.8, 4) is 22.6 Å². The largest absolute Gasteiger partial charge is 0.573 e. The number of amides is 1. The Labute approximate surface area is 278 Å². The van der Waals surface area contributed by atoms with Crippen LogP contribution < -0.4 is 14.4 Å². The minimum absolute atomic E-state index is 0.0195. The summed E-state index contributed by atoms with van der Waals surface area (Å²) in [7, 11) is -3.78. The Bertz CT molecular complexity index is 1740. The molecule has 0 unspecified atom stereocenters. The Morgan fingerprint density at radius 3 is 2.17 bits per heavy atom. The van der Waals surface area contributed by atoms with Gasteiger partial charge in [-0.25, -0.2) is 13.1 Å². The van der Waals surface area contributed by atoms with Gasteiger partial charge in [0, 0.05) is 55.7 Å². The molecule has 0 atom stereocenters. The van der Waals surface area contributed by atoms with Crippen molar-refractivity contribution >= 4 is 21.6 Å². The van der Waals surface area contributed by atoms with Crippen LogP contribution >= 0.6 is 0 Å². The summed E-state index contributed by atoms with van der Waals surface area (Å²) in [6.07, 6.45) is 4.39. The summed E-state index contributed by atoms with van der Waals surface area (Å²) in [6, 6.07) is 12.7. The maximum atomic E-state index is 13.1. The maximum absolute atomic E-state index is 13.1. The normalized spacial score (nSPS) is 25.6. The lowest BCUT2D eigenvalue weighted by atomic mass is 9.50. The smallest absolute Gasteiger partial charge is 0.506 e. The van der Waals surface area contributed by atoms with Gasteiger partial charge in [-0.3, -0.25) is 14.7 Å². The molecule has 256 valence electrons. The molecule has 4 aliphatic carbocycles. The highest BCUT2D eigenvalue weighted by molar-refractivity contribution is 7.90. The third-order valence-corrected chi connectivity index (χ3v) is 11.9. The van der Waals surface area contributed by atoms with E-state index in [1.807, 2.05) is 12.1 Å². The Kier molecular flexibility index (Phi) is 8.55. The van der Waals surface area contributed by atoms with Gasteiger partial charge in [0.2, 0.25) is 10.0 Å². The third kappa shape index (κ3) is 7.57. The second-order valence-electron chi connectivity index (χ2n) is 14.3. The van der Waals surface area contributed by atoms with Crippen LogP contribution in [-0.4, -0.2) is 67.6 Å². The molecule has 3 aromatic rings. The molecular weight excluding hydrogens is 645 g/mol. The number of nitrogens with zero attached hydrogens (tertiary/aromatic N) is 3. The van der Waals surface area contributed by atoms with Gasteiger partial charge >= 0.3 is 6.36 Å². The zero-order valence-corrected chi connectivity index (χ0v) is 27.3. The molecule has 4 saturated carbocycles. The van der Waals surface area contributed by atoms with Crippen LogP contribution in [0.25, 0.3) is 11.1 Å². The van der Waals surface area contributed by atoms with Crippen LogP contribution in [0.4, 0.5) is 18.9 Å². The lowest BCUT2D eigenvalue weighted by molar-refractivity contribution is -0.274. The number of aromatic hydroxyl groups is 1. The Morgan fingerprint density at radius 1 is 0.917 bits per heavy atom. The molecule has 5 fully saturated rings. The van der Waals surface area contributed by atoms with Gasteiger partial charge in [0.05, 0.1) is 11.9 Å². The van der Waals surface area contributed by atoms with Crippen molar-refractivity contribution in [2.45, 2.75) is 51.4 Å². The van der Waals surface area contributed by atoms with Crippen molar-refractivity contribution in [1.82, 2.24) is 14.6 Å². The van der Waals surface area contributed by atoms with E-state index >= 15 is 0 Å². The molecule has 1 amide bonds. The van der Waals surface area contributed by atoms with Crippen molar-refractivity contribution in [2.75, 3.05) is 36.8 Å². The van der Waals surface area contributed by atoms with Crippen molar-refractivity contribution in [3.05, 3.63) is 72.1 Å². The van der Waals surface area contributed by atoms with E-state index in [-0.39, 0.29) is 28.2 Å². The van der Waals surface area contributed by atoms with Gasteiger partial charge < -0.3 is 14.7 Å². The Morgan fingerprint density at radius 2 is 1.56 bits per heavy atom. The molecule has 0 radical (unpaired) electrons. The molecule has 4 bridgehead atoms. The number of anilines is 1. The Hall–Kier alpha value is -3.84. The summed E-state index contributed by atoms with van der Waals surface area (Å²) in [5.74, 6) is 0.839. The number of hydrogen-bond donors (Lipinski definition) is 2. The van der Waals surface area contributed by atoms with Gasteiger partial charge in [-0.1, -0.05) is 0 Å². The number of pyridine rings is 1. The van der Waals surface area contributed by atoms with Gasteiger partial charge in [-0.15, -0.1) is 13.2 Å². The summed E-state index contributed by atoms with van der Waals surface area (Å²) >= 11 is 0. The summed E-state index contributed by atoms with van der Waals surface area (Å²) in [6.45, 7) is 2.95. The maximum Gasteiger partial charge on any atom is 0.573 e. The lowest BCUT2D eigenvalue weighted by Gasteiger charge is -2.56. The first-order chi connectivity index (χ1) is 22.8. The number of piperazine rings is 1. The first kappa shape index (κ1) is 32.7. The molecule has 13 heteroatoms. The first-order valence-electron chi connectivity index (χ1n) is 16.5. The van der Waals surface area contributed by atoms with Crippen LogP contribution in [0.2, 0.25) is 0 Å². The van der Waals surface area contributed by atoms with Crippen molar-refractivity contribution in [3.63, 3.8) is 0 Å². The van der Waals surface area contributed by atoms with E-state index in [4.69, 9.17) is 0 Å². The number of hydrogen-bond acceptors (Lipinski definition) is 8. The number of sulfonamides is 1. The van der Waals surface area contributed by atoms with E-state index in [2.05, 4.69) is 24.2 Å². The van der Waals surface area contributed by atoms with Gasteiger partial charge in [0.15, 0.2) is 0 Å². The number of nitrogens with one attached hydrogen (secondary N) is 1. The monoisotopic (exact) mass is 684 g/mol. The van der Waals surface area contributed by atoms with Crippen LogP contribution in [0.15, 0.2) is 60.9 Å². The molecule has 1 aromatic heterocycles. The molecule has 0 spiro atoms. The van der Waals surface area contributed by atoms with Crippen LogP contribution in [0.5, 0.6) is 11.5 Å². The summed E-state index contributed by atoms with van der Waals surface area (Å²) in [4.78, 5) is 21.2. The van der Waals surface area contributed by atoms with E-state index in [0.29, 0.717) is 67.2 Å². The van der Waals surface area contributed by atoms with Gasteiger partial charge in [0.1, 0.15) is 11.5 Å². The minimum atomic E-state index is -4.85. The predicted molar refractivity (Wildman–Crippen MR) is 174 cm³/mol. The van der Waals surface area contributed by atoms with E-state index in [1.165, 1.54) is 49.9 Å². The molecular formula is C35H39F3N4O5S. The van der Waals surface area contributed by atoms with Crippen molar-refractivity contribution < 1.29 is 36.2 Å². The second-order valence-corrected chi connectivity index (χ2v) is 16.0. The van der Waals surface area contributed by atoms with Crippen molar-refractivity contribution in [2.24, 2.45) is 23.2 Å². The molecule has 2 N–H and O–H groups in total. The number of alkyl halides is 3. The molecule has 9 nitrogen and oxygen atoms in total. The zero-order chi connectivity index (χ0) is 33.7. The number of ether oxygens (including phenoxy) is 1. The molecule has 48 heavy (non-hydrogen) atoms. The van der Waals surface area contributed by atoms with Gasteiger partial charge in [-0.2, -0.15) is 0 Å². The highest BCUT2D eigenvalue weighted by Crippen LogP contribution is 2.60. The minimum Gasteiger partial charge on any atom is -0.506 e. The van der Waals surface area contributed by atoms with E-state index in [1.54, 1.807) is 18.2 Å². The topological polar surface area (TPSA) is 112 Å². The summed E-state index contributed by atoms with van der Waals surface area (Å²) in [5, 5.41) is 9.83. The van der Waals surface area contributed by atoms with Crippen LogP contribution in [0, 0.1) is 23.2 Å². The van der Waals surface area contributed by atoms with Crippen LogP contribution in [0.3, 0.4) is 0 Å². The predicted octanol–water partition coefficient (Wildman–Crippen LogP) is 5.95. The van der Waals surface area contributed by atoms with Gasteiger partial charge in [0.25, 0.3) is 5.91 Å². The van der Waals surface area contributed by atoms with Gasteiger partial charge in [-0.05, 0) is 121 Å². The molecule has 8 rings (SSSR count). The van der Waals surface area contributed by atoms with Crippen molar-refractivity contribution in [1.29, 1.82) is 0 Å². The fraction of sp³-hybridized carbons (Fsp3) is 0.486. The van der Waals surface area contributed by atoms with E-state index in [9.17, 15) is 31.5 Å². The number of benzene rings is 2. The number of carbonyl (C=O) groups is 1. The second kappa shape index (κ2) is 12.6. The summed E-state index contributed by atoms with van der Waals surface area (Å²) in [5.41, 5.74) is 2.51. The fourth-order valence-corrected chi connectivity index (χ4v) is 10.7. The Balaban J connectivity index is 0.951. The zero-order valence-electron chi connectivity index (χ0n) is 26.5. The highest BCUT2D eigenvalue weighted by atomic mass is 32.2. The van der Waals surface area contributed by atoms with Crippen LogP contribution in [0.1, 0.15) is 54.4 Å². The SMILES string of the molecule is O=C(NS(=O)(=O)CC12CC3CC(CC(C3)C1)C2)c1ccc(N2CCN(Cc3cc(OC(F)(F)F)cc(-c4cncc(O)c4)c3)CC2)cc1. The number of halogens is 3. The number of aromatic nitrogens is 1. The average Bonchev–Trinajstić information content (AvgIpc) is 2.99. The molecule has 5 aliphatic rings. The van der Waals surface area contributed by atoms with E-state index < -0.39 is 22.3 Å². The van der Waals surface area contributed by atoms with Crippen LogP contribution in [-0.2, 0) is 16.6 Å². The molecule has 1 aliphatic heterocycles. The number of carbonyl (C=O) groups excluding carboxylic acids is 1. The third-order valence-electron chi connectivity index (χ3n) is 10.4. The molecule has 2 aromatic carbocycles. The molecule has 1 saturated heterocycles. The lowest BCUT2D eigenvalue weighted by Crippen LogP contribution is -2.51. The van der Waals surface area contributed by atoms with E-state index in [0.717, 1.165) is 24.9 Å². The highest BCUT2D eigenvalue weighted by Gasteiger charge is 2.52. The summed E-state index contributed by atoms with van der Waals surface area (Å²) < 4.78 is 72.1. The molecule has 2 heterocycles. The standard InChI is InChI=1S/C35H39F3N4O5S/c36-35(37,38)47-32-13-26(12-28(15-32)29-14-31(43)20-39-19-29)21-41-5-7-42(8-6-41)30-3-1-27(2-4-30)33(44)40-48(45,46)22-34-16-23-9-24(17-34)11-25(10-23)18-34/h1-4,12-15,19-20,23-25,43H,5-11,16-18,21-22H2,(H,40,44). The fourth-order valence-electron chi connectivity index (χ4n) is 9.05. The quantitative estimate of drug-likeness (QED) is 0.285.